The van der Waals surface area contributed by atoms with Gasteiger partial charge in [0.2, 0.25) is 0 Å². The van der Waals surface area contributed by atoms with Gasteiger partial charge in [-0.05, 0) is 38.1 Å². The smallest absolute Gasteiger partial charge is 0.335 e. The number of carboxylic acids is 1. The number of carboxylic acid groups (broad SMARTS) is 1. The number of carbonyl (C=O) groups is 1. The number of halogens is 1. The fraction of sp³-hybridized carbons (Fsp3) is 0.364. The summed E-state index contributed by atoms with van der Waals surface area (Å²) >= 11 is 0. The largest absolute Gasteiger partial charge is 0.488 e. The number of hydrogen-bond donors (Lipinski definition) is 1. The van der Waals surface area contributed by atoms with Crippen LogP contribution in [0.1, 0.15) is 24.2 Å². The van der Waals surface area contributed by atoms with Crippen LogP contribution in [0.15, 0.2) is 24.3 Å². The average Bonchev–Trinajstić information content (AvgIpc) is 2.18. The summed E-state index contributed by atoms with van der Waals surface area (Å²) in [6.07, 6.45) is -1.61. The topological polar surface area (TPSA) is 46.5 Å². The van der Waals surface area contributed by atoms with Crippen LogP contribution in [0.5, 0.6) is 5.75 Å². The van der Waals surface area contributed by atoms with Crippen molar-refractivity contribution in [1.82, 2.24) is 0 Å². The molecule has 0 amide bonds. The van der Waals surface area contributed by atoms with Crippen LogP contribution in [0, 0.1) is 0 Å². The highest BCUT2D eigenvalue weighted by atomic mass is 19.1. The van der Waals surface area contributed by atoms with Gasteiger partial charge in [0, 0.05) is 0 Å². The van der Waals surface area contributed by atoms with E-state index in [0.29, 0.717) is 5.75 Å². The van der Waals surface area contributed by atoms with E-state index in [4.69, 9.17) is 9.84 Å². The van der Waals surface area contributed by atoms with E-state index in [-0.39, 0.29) is 5.56 Å². The van der Waals surface area contributed by atoms with Crippen molar-refractivity contribution < 1.29 is 19.0 Å². The first-order chi connectivity index (χ1) is 7.00. The molecule has 0 aliphatic rings. The van der Waals surface area contributed by atoms with Crippen LogP contribution in [0.3, 0.4) is 0 Å². The molecule has 1 N–H and O–H groups in total. The molecule has 82 valence electrons. The summed E-state index contributed by atoms with van der Waals surface area (Å²) in [5, 5.41) is 8.65. The van der Waals surface area contributed by atoms with E-state index in [1.54, 1.807) is 6.92 Å². The minimum Gasteiger partial charge on any atom is -0.488 e. The molecular formula is C11H13FO3. The second-order valence-electron chi connectivity index (χ2n) is 3.33. The quantitative estimate of drug-likeness (QED) is 0.834. The molecule has 0 aliphatic carbocycles. The summed E-state index contributed by atoms with van der Waals surface area (Å²) in [6.45, 7) is 3.03. The summed E-state index contributed by atoms with van der Waals surface area (Å²) in [5.74, 6) is -0.523. The van der Waals surface area contributed by atoms with E-state index in [9.17, 15) is 9.18 Å². The van der Waals surface area contributed by atoms with E-state index >= 15 is 0 Å². The zero-order valence-corrected chi connectivity index (χ0v) is 8.61. The summed E-state index contributed by atoms with van der Waals surface area (Å²) in [7, 11) is 0. The van der Waals surface area contributed by atoms with Gasteiger partial charge in [-0.1, -0.05) is 0 Å². The van der Waals surface area contributed by atoms with Crippen LogP contribution in [-0.4, -0.2) is 23.4 Å². The van der Waals surface area contributed by atoms with E-state index in [1.807, 2.05) is 0 Å². The van der Waals surface area contributed by atoms with Gasteiger partial charge in [0.1, 0.15) is 18.0 Å². The number of benzene rings is 1. The van der Waals surface area contributed by atoms with Crippen molar-refractivity contribution in [3.05, 3.63) is 29.8 Å². The Labute approximate surface area is 87.5 Å². The molecule has 3 nitrogen and oxygen atoms in total. The van der Waals surface area contributed by atoms with Gasteiger partial charge >= 0.3 is 5.97 Å². The van der Waals surface area contributed by atoms with Gasteiger partial charge in [-0.15, -0.1) is 0 Å². The molecular weight excluding hydrogens is 199 g/mol. The monoisotopic (exact) mass is 212 g/mol. The first-order valence-corrected chi connectivity index (χ1v) is 4.65. The normalized spacial score (nSPS) is 14.3. The number of rotatable bonds is 4. The second-order valence-corrected chi connectivity index (χ2v) is 3.33. The lowest BCUT2D eigenvalue weighted by molar-refractivity contribution is 0.0696. The Bertz CT molecular complexity index is 332. The van der Waals surface area contributed by atoms with E-state index < -0.39 is 18.2 Å². The first kappa shape index (κ1) is 11.5. The molecule has 2 atom stereocenters. The average molecular weight is 212 g/mol. The molecule has 1 rings (SSSR count). The fourth-order valence-electron chi connectivity index (χ4n) is 0.984. The number of aromatic carboxylic acids is 1. The Morgan fingerprint density at radius 2 is 1.87 bits per heavy atom. The lowest BCUT2D eigenvalue weighted by Crippen LogP contribution is -2.22. The van der Waals surface area contributed by atoms with Gasteiger partial charge in [0.15, 0.2) is 0 Å². The third-order valence-corrected chi connectivity index (χ3v) is 2.07. The Kier molecular flexibility index (Phi) is 3.66. The molecule has 0 saturated heterocycles. The maximum atomic E-state index is 12.8. The standard InChI is InChI=1S/C11H13FO3/c1-7(12)8(2)15-10-5-3-9(4-6-10)11(13)14/h3-8H,1-2H3,(H,13,14)/t7-,8?/m1/s1. The van der Waals surface area contributed by atoms with Gasteiger partial charge < -0.3 is 9.84 Å². The van der Waals surface area contributed by atoms with Crippen LogP contribution in [0.4, 0.5) is 4.39 Å². The predicted molar refractivity (Wildman–Crippen MR) is 54.1 cm³/mol. The van der Waals surface area contributed by atoms with E-state index in [1.165, 1.54) is 31.2 Å². The van der Waals surface area contributed by atoms with E-state index in [2.05, 4.69) is 0 Å². The predicted octanol–water partition coefficient (Wildman–Crippen LogP) is 2.51. The first-order valence-electron chi connectivity index (χ1n) is 4.65. The molecule has 15 heavy (non-hydrogen) atoms. The minimum absolute atomic E-state index is 0.184. The van der Waals surface area contributed by atoms with Gasteiger partial charge in [-0.2, -0.15) is 0 Å². The SMILES string of the molecule is CC(Oc1ccc(C(=O)O)cc1)[C@@H](C)F. The molecule has 0 aliphatic heterocycles. The zero-order valence-electron chi connectivity index (χ0n) is 8.61. The van der Waals surface area contributed by atoms with Gasteiger partial charge in [-0.3, -0.25) is 0 Å². The van der Waals surface area contributed by atoms with Crippen LogP contribution in [-0.2, 0) is 0 Å². The van der Waals surface area contributed by atoms with Crippen LogP contribution in [0.25, 0.3) is 0 Å². The number of ether oxygens (including phenoxy) is 1. The molecule has 1 aromatic rings. The van der Waals surface area contributed by atoms with Crippen molar-refractivity contribution in [2.45, 2.75) is 26.1 Å². The van der Waals surface area contributed by atoms with Gasteiger partial charge in [-0.25, -0.2) is 9.18 Å². The van der Waals surface area contributed by atoms with Crippen molar-refractivity contribution in [3.63, 3.8) is 0 Å². The molecule has 1 aromatic carbocycles. The molecule has 0 radical (unpaired) electrons. The molecule has 0 bridgehead atoms. The zero-order chi connectivity index (χ0) is 11.4. The molecule has 0 heterocycles. The van der Waals surface area contributed by atoms with Crippen molar-refractivity contribution in [2.24, 2.45) is 0 Å². The summed E-state index contributed by atoms with van der Waals surface area (Å²) < 4.78 is 18.0. The van der Waals surface area contributed by atoms with Crippen molar-refractivity contribution in [2.75, 3.05) is 0 Å². The highest BCUT2D eigenvalue weighted by Crippen LogP contribution is 2.15. The van der Waals surface area contributed by atoms with Crippen LogP contribution in [0.2, 0.25) is 0 Å². The van der Waals surface area contributed by atoms with Crippen molar-refractivity contribution >= 4 is 5.97 Å². The Hall–Kier alpha value is -1.58. The van der Waals surface area contributed by atoms with E-state index in [0.717, 1.165) is 0 Å². The Morgan fingerprint density at radius 3 is 2.27 bits per heavy atom. The lowest BCUT2D eigenvalue weighted by atomic mass is 10.2. The molecule has 0 aromatic heterocycles. The molecule has 4 heteroatoms. The lowest BCUT2D eigenvalue weighted by Gasteiger charge is -2.15. The third kappa shape index (κ3) is 3.23. The molecule has 0 saturated carbocycles. The summed E-state index contributed by atoms with van der Waals surface area (Å²) in [4.78, 5) is 10.5. The third-order valence-electron chi connectivity index (χ3n) is 2.07. The summed E-state index contributed by atoms with van der Waals surface area (Å²) in [5.41, 5.74) is 0.184. The Balaban J connectivity index is 2.68. The molecule has 1 unspecified atom stereocenters. The minimum atomic E-state index is -1.07. The maximum Gasteiger partial charge on any atom is 0.335 e. The van der Waals surface area contributed by atoms with Crippen molar-refractivity contribution in [3.8, 4) is 5.75 Å². The fourth-order valence-corrected chi connectivity index (χ4v) is 0.984. The molecule has 0 spiro atoms. The van der Waals surface area contributed by atoms with Gasteiger partial charge in [0.25, 0.3) is 0 Å². The Morgan fingerprint density at radius 1 is 1.33 bits per heavy atom. The summed E-state index contributed by atoms with van der Waals surface area (Å²) in [6, 6.07) is 5.88. The maximum absolute atomic E-state index is 12.8. The number of hydrogen-bond acceptors (Lipinski definition) is 2. The van der Waals surface area contributed by atoms with Crippen LogP contribution >= 0.6 is 0 Å². The highest BCUT2D eigenvalue weighted by Gasteiger charge is 2.12. The van der Waals surface area contributed by atoms with Crippen LogP contribution < -0.4 is 4.74 Å². The second kappa shape index (κ2) is 4.77. The number of alkyl halides is 1. The van der Waals surface area contributed by atoms with Gasteiger partial charge in [0.05, 0.1) is 5.56 Å². The van der Waals surface area contributed by atoms with Crippen molar-refractivity contribution in [1.29, 1.82) is 0 Å². The molecule has 0 fully saturated rings. The highest BCUT2D eigenvalue weighted by molar-refractivity contribution is 5.87.